The van der Waals surface area contributed by atoms with E-state index in [0.717, 1.165) is 36.0 Å². The van der Waals surface area contributed by atoms with Gasteiger partial charge in [-0.3, -0.25) is 0 Å². The molecule has 1 aromatic heterocycles. The second-order valence-corrected chi connectivity index (χ2v) is 5.94. The number of imidazole rings is 1. The molecule has 108 valence electrons. The minimum Gasteiger partial charge on any atom is -0.497 e. The van der Waals surface area contributed by atoms with Crippen molar-refractivity contribution in [2.24, 2.45) is 5.92 Å². The number of rotatable bonds is 6. The largest absolute Gasteiger partial charge is 0.497 e. The molecule has 1 aromatic carbocycles. The summed E-state index contributed by atoms with van der Waals surface area (Å²) in [5.41, 5.74) is 2.21. The molecule has 0 bridgehead atoms. The Labute approximate surface area is 124 Å². The van der Waals surface area contributed by atoms with Gasteiger partial charge in [-0.05, 0) is 24.5 Å². The highest BCUT2D eigenvalue weighted by Crippen LogP contribution is 2.31. The first-order chi connectivity index (χ1) is 9.81. The van der Waals surface area contributed by atoms with E-state index in [2.05, 4.69) is 10.6 Å². The van der Waals surface area contributed by atoms with Gasteiger partial charge in [0.15, 0.2) is 0 Å². The molecule has 0 amide bonds. The molecular weight excluding hydrogens is 272 g/mol. The Kier molecular flexibility index (Phi) is 4.16. The van der Waals surface area contributed by atoms with Crippen LogP contribution < -0.4 is 4.74 Å². The number of aromatic nitrogens is 2. The fourth-order valence-electron chi connectivity index (χ4n) is 2.90. The number of halogens is 1. The maximum Gasteiger partial charge on any atom is 0.121 e. The lowest BCUT2D eigenvalue weighted by Crippen LogP contribution is -2.15. The van der Waals surface area contributed by atoms with Crippen LogP contribution in [-0.2, 0) is 13.0 Å². The van der Waals surface area contributed by atoms with Crippen LogP contribution in [0.25, 0.3) is 11.0 Å². The summed E-state index contributed by atoms with van der Waals surface area (Å²) < 4.78 is 7.67. The molecule has 4 heteroatoms. The molecule has 0 atom stereocenters. The molecule has 3 nitrogen and oxygen atoms in total. The standard InChI is InChI=1S/C16H21ClN2O/c1-20-13-5-6-14-15(11-13)19(16(18-14)7-9-17)10-8-12-3-2-4-12/h5-6,11-12H,2-4,7-10H2,1H3. The van der Waals surface area contributed by atoms with Gasteiger partial charge in [-0.2, -0.15) is 0 Å². The number of aryl methyl sites for hydroxylation is 2. The molecule has 0 unspecified atom stereocenters. The molecule has 1 saturated carbocycles. The molecule has 0 spiro atoms. The Morgan fingerprint density at radius 1 is 1.40 bits per heavy atom. The van der Waals surface area contributed by atoms with E-state index in [1.54, 1.807) is 7.11 Å². The van der Waals surface area contributed by atoms with Crippen molar-refractivity contribution in [3.05, 3.63) is 24.0 Å². The van der Waals surface area contributed by atoms with Crippen LogP contribution in [0.4, 0.5) is 0 Å². The topological polar surface area (TPSA) is 27.1 Å². The average molecular weight is 293 g/mol. The lowest BCUT2D eigenvalue weighted by molar-refractivity contribution is 0.282. The van der Waals surface area contributed by atoms with E-state index in [4.69, 9.17) is 21.3 Å². The van der Waals surface area contributed by atoms with Crippen LogP contribution in [-0.4, -0.2) is 22.5 Å². The van der Waals surface area contributed by atoms with Crippen LogP contribution in [0, 0.1) is 5.92 Å². The number of fused-ring (bicyclic) bond motifs is 1. The van der Waals surface area contributed by atoms with Crippen molar-refractivity contribution < 1.29 is 4.74 Å². The summed E-state index contributed by atoms with van der Waals surface area (Å²) in [5, 5.41) is 0. The summed E-state index contributed by atoms with van der Waals surface area (Å²) in [6.07, 6.45) is 6.25. The molecule has 0 saturated heterocycles. The third-order valence-corrected chi connectivity index (χ3v) is 4.53. The summed E-state index contributed by atoms with van der Waals surface area (Å²) in [4.78, 5) is 4.72. The van der Waals surface area contributed by atoms with Crippen LogP contribution >= 0.6 is 11.6 Å². The van der Waals surface area contributed by atoms with Gasteiger partial charge in [0.1, 0.15) is 11.6 Å². The highest BCUT2D eigenvalue weighted by Gasteiger charge is 2.18. The van der Waals surface area contributed by atoms with E-state index in [-0.39, 0.29) is 0 Å². The van der Waals surface area contributed by atoms with E-state index in [9.17, 15) is 0 Å². The Morgan fingerprint density at radius 3 is 2.90 bits per heavy atom. The maximum absolute atomic E-state index is 5.92. The zero-order chi connectivity index (χ0) is 13.9. The predicted molar refractivity (Wildman–Crippen MR) is 82.7 cm³/mol. The first-order valence-corrected chi connectivity index (χ1v) is 7.94. The van der Waals surface area contributed by atoms with Gasteiger partial charge in [0, 0.05) is 24.9 Å². The van der Waals surface area contributed by atoms with E-state index in [1.807, 2.05) is 12.1 Å². The number of ether oxygens (including phenoxy) is 1. The molecule has 0 aliphatic heterocycles. The van der Waals surface area contributed by atoms with E-state index in [0.29, 0.717) is 5.88 Å². The molecule has 1 fully saturated rings. The van der Waals surface area contributed by atoms with Crippen molar-refractivity contribution >= 4 is 22.6 Å². The van der Waals surface area contributed by atoms with Gasteiger partial charge in [0.2, 0.25) is 0 Å². The number of alkyl halides is 1. The van der Waals surface area contributed by atoms with Crippen LogP contribution in [0.15, 0.2) is 18.2 Å². The monoisotopic (exact) mass is 292 g/mol. The zero-order valence-corrected chi connectivity index (χ0v) is 12.7. The van der Waals surface area contributed by atoms with Crippen molar-refractivity contribution in [2.45, 2.75) is 38.6 Å². The second-order valence-electron chi connectivity index (χ2n) is 5.56. The SMILES string of the molecule is COc1ccc2nc(CCCl)n(CCC3CCC3)c2c1. The molecule has 0 N–H and O–H groups in total. The lowest BCUT2D eigenvalue weighted by Gasteiger charge is -2.25. The normalized spacial score (nSPS) is 15.5. The van der Waals surface area contributed by atoms with Gasteiger partial charge in [0.25, 0.3) is 0 Å². The Balaban J connectivity index is 1.92. The number of benzene rings is 1. The Bertz CT molecular complexity index is 589. The maximum atomic E-state index is 5.92. The fraction of sp³-hybridized carbons (Fsp3) is 0.562. The van der Waals surface area contributed by atoms with Crippen molar-refractivity contribution in [3.8, 4) is 5.75 Å². The molecule has 20 heavy (non-hydrogen) atoms. The van der Waals surface area contributed by atoms with Gasteiger partial charge < -0.3 is 9.30 Å². The minimum atomic E-state index is 0.615. The first kappa shape index (κ1) is 13.7. The molecule has 1 aliphatic rings. The van der Waals surface area contributed by atoms with Crippen molar-refractivity contribution in [1.29, 1.82) is 0 Å². The van der Waals surface area contributed by atoms with Crippen molar-refractivity contribution in [3.63, 3.8) is 0 Å². The summed E-state index contributed by atoms with van der Waals surface area (Å²) in [5.74, 6) is 3.51. The fourth-order valence-corrected chi connectivity index (χ4v) is 3.07. The lowest BCUT2D eigenvalue weighted by atomic mass is 9.83. The van der Waals surface area contributed by atoms with Crippen LogP contribution in [0.5, 0.6) is 5.75 Å². The number of hydrogen-bond acceptors (Lipinski definition) is 2. The van der Waals surface area contributed by atoms with E-state index >= 15 is 0 Å². The third-order valence-electron chi connectivity index (χ3n) is 4.34. The molecule has 3 rings (SSSR count). The predicted octanol–water partition coefficient (Wildman–Crippen LogP) is 4.02. The highest BCUT2D eigenvalue weighted by atomic mass is 35.5. The van der Waals surface area contributed by atoms with Crippen LogP contribution in [0.2, 0.25) is 0 Å². The second kappa shape index (κ2) is 6.04. The minimum absolute atomic E-state index is 0.615. The number of hydrogen-bond donors (Lipinski definition) is 0. The summed E-state index contributed by atoms with van der Waals surface area (Å²) in [6, 6.07) is 6.09. The molecule has 1 aliphatic carbocycles. The number of methoxy groups -OCH3 is 1. The van der Waals surface area contributed by atoms with E-state index < -0.39 is 0 Å². The Hall–Kier alpha value is -1.22. The summed E-state index contributed by atoms with van der Waals surface area (Å²) in [6.45, 7) is 1.04. The van der Waals surface area contributed by atoms with Crippen LogP contribution in [0.1, 0.15) is 31.5 Å². The third kappa shape index (κ3) is 2.64. The average Bonchev–Trinajstić information content (AvgIpc) is 2.74. The first-order valence-electron chi connectivity index (χ1n) is 7.41. The smallest absolute Gasteiger partial charge is 0.121 e. The Morgan fingerprint density at radius 2 is 2.25 bits per heavy atom. The highest BCUT2D eigenvalue weighted by molar-refractivity contribution is 6.17. The van der Waals surface area contributed by atoms with Crippen molar-refractivity contribution in [2.75, 3.05) is 13.0 Å². The van der Waals surface area contributed by atoms with Gasteiger partial charge in [-0.25, -0.2) is 4.98 Å². The van der Waals surface area contributed by atoms with Gasteiger partial charge in [-0.15, -0.1) is 11.6 Å². The van der Waals surface area contributed by atoms with Crippen molar-refractivity contribution in [1.82, 2.24) is 9.55 Å². The molecular formula is C16H21ClN2O. The quantitative estimate of drug-likeness (QED) is 0.752. The number of nitrogens with zero attached hydrogens (tertiary/aromatic N) is 2. The van der Waals surface area contributed by atoms with Crippen LogP contribution in [0.3, 0.4) is 0 Å². The van der Waals surface area contributed by atoms with Gasteiger partial charge >= 0.3 is 0 Å². The zero-order valence-electron chi connectivity index (χ0n) is 11.9. The molecule has 1 heterocycles. The summed E-state index contributed by atoms with van der Waals surface area (Å²) in [7, 11) is 1.70. The summed E-state index contributed by atoms with van der Waals surface area (Å²) >= 11 is 5.92. The molecule has 2 aromatic rings. The molecule has 0 radical (unpaired) electrons. The van der Waals surface area contributed by atoms with Gasteiger partial charge in [-0.1, -0.05) is 19.3 Å². The van der Waals surface area contributed by atoms with Gasteiger partial charge in [0.05, 0.1) is 18.1 Å². The van der Waals surface area contributed by atoms with E-state index in [1.165, 1.54) is 31.2 Å².